The third-order valence-corrected chi connectivity index (χ3v) is 3.06. The number of hydrogen-bond donors (Lipinski definition) is 1. The highest BCUT2D eigenvalue weighted by atomic mass is 16.6. The van der Waals surface area contributed by atoms with E-state index in [1.807, 2.05) is 20.8 Å². The molecule has 0 unspecified atom stereocenters. The van der Waals surface area contributed by atoms with Gasteiger partial charge in [0.05, 0.1) is 5.41 Å². The highest BCUT2D eigenvalue weighted by molar-refractivity contribution is 5.83. The molecular weight excluding hydrogens is 166 g/mol. The summed E-state index contributed by atoms with van der Waals surface area (Å²) >= 11 is 0. The Hall–Kier alpha value is -0.570. The molecule has 74 valence electrons. The van der Waals surface area contributed by atoms with Crippen molar-refractivity contribution in [3.8, 4) is 0 Å². The molecule has 0 amide bonds. The highest BCUT2D eigenvalue weighted by Gasteiger charge is 2.71. The lowest BCUT2D eigenvalue weighted by atomic mass is 9.80. The van der Waals surface area contributed by atoms with E-state index in [1.54, 1.807) is 0 Å². The van der Waals surface area contributed by atoms with E-state index in [0.717, 1.165) is 12.8 Å². The quantitative estimate of drug-likeness (QED) is 0.618. The van der Waals surface area contributed by atoms with Crippen LogP contribution < -0.4 is 5.73 Å². The van der Waals surface area contributed by atoms with Gasteiger partial charge in [0.2, 0.25) is 0 Å². The van der Waals surface area contributed by atoms with Crippen LogP contribution in [0.25, 0.3) is 0 Å². The molecule has 2 aliphatic carbocycles. The molecule has 0 saturated heterocycles. The minimum absolute atomic E-state index is 0.0355. The summed E-state index contributed by atoms with van der Waals surface area (Å²) in [5.74, 6) is 0.383. The van der Waals surface area contributed by atoms with E-state index in [9.17, 15) is 4.79 Å². The van der Waals surface area contributed by atoms with Gasteiger partial charge in [-0.2, -0.15) is 0 Å². The molecule has 2 aliphatic rings. The molecule has 0 aliphatic heterocycles. The molecule has 0 bridgehead atoms. The van der Waals surface area contributed by atoms with Gasteiger partial charge in [-0.25, -0.2) is 0 Å². The van der Waals surface area contributed by atoms with Crippen LogP contribution >= 0.6 is 0 Å². The summed E-state index contributed by atoms with van der Waals surface area (Å²) in [6.07, 6.45) is 1.77. The Kier molecular flexibility index (Phi) is 1.57. The lowest BCUT2D eigenvalue weighted by molar-refractivity contribution is -0.165. The predicted octanol–water partition coefficient (Wildman–Crippen LogP) is 1.07. The molecule has 2 rings (SSSR count). The number of fused-ring (bicyclic) bond motifs is 1. The van der Waals surface area contributed by atoms with Crippen LogP contribution in [0, 0.1) is 11.3 Å². The van der Waals surface area contributed by atoms with Crippen molar-refractivity contribution in [3.05, 3.63) is 0 Å². The number of rotatable bonds is 1. The molecule has 2 fully saturated rings. The van der Waals surface area contributed by atoms with Crippen molar-refractivity contribution in [2.75, 3.05) is 0 Å². The van der Waals surface area contributed by atoms with Crippen LogP contribution in [0.5, 0.6) is 0 Å². The van der Waals surface area contributed by atoms with Crippen LogP contribution in [0.1, 0.15) is 33.6 Å². The minimum Gasteiger partial charge on any atom is -0.460 e. The fourth-order valence-electron chi connectivity index (χ4n) is 2.23. The summed E-state index contributed by atoms with van der Waals surface area (Å²) < 4.78 is 5.34. The van der Waals surface area contributed by atoms with E-state index in [1.165, 1.54) is 0 Å². The van der Waals surface area contributed by atoms with Gasteiger partial charge in [0.25, 0.3) is 0 Å². The first-order valence-electron chi connectivity index (χ1n) is 4.84. The third-order valence-electron chi connectivity index (χ3n) is 3.06. The summed E-state index contributed by atoms with van der Waals surface area (Å²) in [5, 5.41) is 0. The first kappa shape index (κ1) is 9.00. The van der Waals surface area contributed by atoms with Gasteiger partial charge in [-0.1, -0.05) is 0 Å². The van der Waals surface area contributed by atoms with Crippen molar-refractivity contribution in [1.29, 1.82) is 0 Å². The Labute approximate surface area is 78.6 Å². The standard InChI is InChI=1S/C10H17NO2/c1-9(2,3)13-8(12)10-4-6(10)7(11)5-10/h6-7H,4-5,11H2,1-3H3/t6-,7-,10-/m1/s1. The first-order valence-corrected chi connectivity index (χ1v) is 4.84. The molecule has 3 atom stereocenters. The van der Waals surface area contributed by atoms with Gasteiger partial charge in [0.1, 0.15) is 5.60 Å². The zero-order valence-electron chi connectivity index (χ0n) is 8.46. The molecule has 3 heteroatoms. The lowest BCUT2D eigenvalue weighted by Crippen LogP contribution is -2.44. The van der Waals surface area contributed by atoms with Crippen LogP contribution in [0.15, 0.2) is 0 Å². The maximum absolute atomic E-state index is 11.7. The molecule has 0 aromatic carbocycles. The van der Waals surface area contributed by atoms with E-state index in [0.29, 0.717) is 5.92 Å². The maximum atomic E-state index is 11.7. The Bertz CT molecular complexity index is 256. The Balaban J connectivity index is 1.94. The molecular formula is C10H17NO2. The van der Waals surface area contributed by atoms with Gasteiger partial charge in [-0.15, -0.1) is 0 Å². The van der Waals surface area contributed by atoms with Crippen molar-refractivity contribution in [2.45, 2.75) is 45.3 Å². The fraction of sp³-hybridized carbons (Fsp3) is 0.900. The average Bonchev–Trinajstić information content (AvgIpc) is 2.53. The third kappa shape index (κ3) is 1.26. The first-order chi connectivity index (χ1) is 5.85. The van der Waals surface area contributed by atoms with E-state index in [2.05, 4.69) is 0 Å². The van der Waals surface area contributed by atoms with Gasteiger partial charge in [0.15, 0.2) is 0 Å². The average molecular weight is 183 g/mol. The summed E-state index contributed by atoms with van der Waals surface area (Å²) in [5.41, 5.74) is 5.22. The zero-order valence-corrected chi connectivity index (χ0v) is 8.46. The van der Waals surface area contributed by atoms with Gasteiger partial charge in [0, 0.05) is 6.04 Å². The van der Waals surface area contributed by atoms with Gasteiger partial charge >= 0.3 is 5.97 Å². The maximum Gasteiger partial charge on any atom is 0.313 e. The van der Waals surface area contributed by atoms with Crippen LogP contribution in [0.3, 0.4) is 0 Å². The van der Waals surface area contributed by atoms with E-state index in [4.69, 9.17) is 10.5 Å². The topological polar surface area (TPSA) is 52.3 Å². The number of hydrogen-bond acceptors (Lipinski definition) is 3. The largest absolute Gasteiger partial charge is 0.460 e. The Morgan fingerprint density at radius 3 is 2.38 bits per heavy atom. The highest BCUT2D eigenvalue weighted by Crippen LogP contribution is 2.67. The number of nitrogens with two attached hydrogens (primary N) is 1. The number of carbonyl (C=O) groups is 1. The fourth-order valence-corrected chi connectivity index (χ4v) is 2.23. The van der Waals surface area contributed by atoms with Crippen LogP contribution in [0.2, 0.25) is 0 Å². The Morgan fingerprint density at radius 2 is 2.08 bits per heavy atom. The molecule has 0 radical (unpaired) electrons. The number of carbonyl (C=O) groups excluding carboxylic acids is 1. The minimum atomic E-state index is -0.362. The molecule has 3 nitrogen and oxygen atoms in total. The molecule has 0 aromatic heterocycles. The smallest absolute Gasteiger partial charge is 0.313 e. The molecule has 2 N–H and O–H groups in total. The predicted molar refractivity (Wildman–Crippen MR) is 49.0 cm³/mol. The number of ether oxygens (including phenoxy) is 1. The van der Waals surface area contributed by atoms with Crippen molar-refractivity contribution >= 4 is 5.97 Å². The van der Waals surface area contributed by atoms with Crippen LogP contribution in [0.4, 0.5) is 0 Å². The van der Waals surface area contributed by atoms with Crippen molar-refractivity contribution in [2.24, 2.45) is 17.1 Å². The molecule has 0 aromatic rings. The second-order valence-electron chi connectivity index (χ2n) is 5.34. The monoisotopic (exact) mass is 183 g/mol. The van der Waals surface area contributed by atoms with Crippen LogP contribution in [-0.4, -0.2) is 17.6 Å². The Morgan fingerprint density at radius 1 is 1.46 bits per heavy atom. The van der Waals surface area contributed by atoms with Gasteiger partial charge < -0.3 is 10.5 Å². The zero-order chi connectivity index (χ0) is 9.85. The van der Waals surface area contributed by atoms with Crippen LogP contribution in [-0.2, 0) is 9.53 Å². The summed E-state index contributed by atoms with van der Waals surface area (Å²) in [6, 6.07) is 0.243. The van der Waals surface area contributed by atoms with Gasteiger partial charge in [-0.05, 0) is 39.5 Å². The lowest BCUT2D eigenvalue weighted by Gasteiger charge is -2.32. The van der Waals surface area contributed by atoms with Gasteiger partial charge in [-0.3, -0.25) is 4.79 Å². The van der Waals surface area contributed by atoms with Crippen molar-refractivity contribution < 1.29 is 9.53 Å². The SMILES string of the molecule is CC(C)(C)OC(=O)[C@]12C[C@@H](N)[C@H]1C2. The van der Waals surface area contributed by atoms with Crippen molar-refractivity contribution in [1.82, 2.24) is 0 Å². The normalized spacial score (nSPS) is 41.8. The molecule has 2 saturated carbocycles. The molecule has 0 heterocycles. The molecule has 13 heavy (non-hydrogen) atoms. The summed E-state index contributed by atoms with van der Waals surface area (Å²) in [7, 11) is 0. The summed E-state index contributed by atoms with van der Waals surface area (Å²) in [6.45, 7) is 5.70. The van der Waals surface area contributed by atoms with E-state index in [-0.39, 0.29) is 23.0 Å². The second kappa shape index (κ2) is 2.27. The number of esters is 1. The summed E-state index contributed by atoms with van der Waals surface area (Å²) in [4.78, 5) is 11.7. The second-order valence-corrected chi connectivity index (χ2v) is 5.34. The van der Waals surface area contributed by atoms with E-state index < -0.39 is 0 Å². The molecule has 0 spiro atoms. The van der Waals surface area contributed by atoms with E-state index >= 15 is 0 Å². The van der Waals surface area contributed by atoms with Crippen molar-refractivity contribution in [3.63, 3.8) is 0 Å².